The zero-order chi connectivity index (χ0) is 30.7. The van der Waals surface area contributed by atoms with Crippen LogP contribution >= 0.6 is 11.8 Å². The van der Waals surface area contributed by atoms with E-state index in [-0.39, 0.29) is 11.7 Å². The second kappa shape index (κ2) is 14.7. The highest BCUT2D eigenvalue weighted by Gasteiger charge is 2.21. The molecular weight excluding hydrogens is 578 g/mol. The van der Waals surface area contributed by atoms with Crippen LogP contribution in [0.15, 0.2) is 107 Å². The number of hydrazone groups is 1. The minimum Gasteiger partial charge on any atom is -0.493 e. The summed E-state index contributed by atoms with van der Waals surface area (Å²) in [4.78, 5) is 12.7. The predicted octanol–water partition coefficient (Wildman–Crippen LogP) is 5.78. The molecule has 11 heteroatoms. The number of benzene rings is 4. The lowest BCUT2D eigenvalue weighted by atomic mass is 10.1. The maximum Gasteiger partial charge on any atom is 0.250 e. The first kappa shape index (κ1) is 30.2. The minimum absolute atomic E-state index is 0.0673. The number of hydrogen-bond acceptors (Lipinski definition) is 9. The van der Waals surface area contributed by atoms with Gasteiger partial charge in [-0.1, -0.05) is 72.4 Å². The van der Waals surface area contributed by atoms with Crippen LogP contribution in [-0.4, -0.2) is 54.0 Å². The van der Waals surface area contributed by atoms with Gasteiger partial charge in [-0.25, -0.2) is 5.43 Å². The zero-order valence-electron chi connectivity index (χ0n) is 24.5. The van der Waals surface area contributed by atoms with Gasteiger partial charge in [-0.05, 0) is 47.5 Å². The van der Waals surface area contributed by atoms with Crippen molar-refractivity contribution in [1.82, 2.24) is 20.2 Å². The molecule has 0 saturated heterocycles. The molecule has 5 aromatic rings. The minimum atomic E-state index is -0.292. The third-order valence-corrected chi connectivity index (χ3v) is 7.34. The van der Waals surface area contributed by atoms with E-state index in [2.05, 4.69) is 20.7 Å². The normalized spacial score (nSPS) is 10.9. The van der Waals surface area contributed by atoms with Gasteiger partial charge in [0.2, 0.25) is 5.75 Å². The number of ether oxygens (including phenoxy) is 4. The Morgan fingerprint density at radius 1 is 0.864 bits per heavy atom. The molecule has 0 spiro atoms. The summed E-state index contributed by atoms with van der Waals surface area (Å²) in [6, 6.07) is 30.7. The van der Waals surface area contributed by atoms with Crippen molar-refractivity contribution in [2.45, 2.75) is 11.8 Å². The molecule has 1 amide bonds. The standard InChI is InChI=1S/C33H31N5O5S/c1-40-28-18-25(19-29(41-2)31(28)42-3)32-36-37-33(38(32)26-14-8-5-9-15-26)44-22-30(39)35-34-20-24-13-10-16-27(17-24)43-21-23-11-6-4-7-12-23/h4-20H,21-22H2,1-3H3,(H,35,39)/b34-20-. The molecule has 1 aromatic heterocycles. The first-order chi connectivity index (χ1) is 21.6. The van der Waals surface area contributed by atoms with Crippen molar-refractivity contribution in [3.05, 3.63) is 108 Å². The maximum absolute atomic E-state index is 12.7. The second-order valence-corrected chi connectivity index (χ2v) is 10.3. The van der Waals surface area contributed by atoms with E-state index in [0.717, 1.165) is 16.8 Å². The molecule has 44 heavy (non-hydrogen) atoms. The molecule has 4 aromatic carbocycles. The summed E-state index contributed by atoms with van der Waals surface area (Å²) in [7, 11) is 4.67. The van der Waals surface area contributed by atoms with Gasteiger partial charge in [0.15, 0.2) is 22.5 Å². The Morgan fingerprint density at radius 2 is 1.57 bits per heavy atom. The number of thioether (sulfide) groups is 1. The molecule has 0 atom stereocenters. The average Bonchev–Trinajstić information content (AvgIpc) is 3.51. The summed E-state index contributed by atoms with van der Waals surface area (Å²) in [5.41, 5.74) is 5.99. The van der Waals surface area contributed by atoms with Gasteiger partial charge in [0.25, 0.3) is 5.91 Å². The van der Waals surface area contributed by atoms with Crippen LogP contribution in [0.25, 0.3) is 17.1 Å². The first-order valence-corrected chi connectivity index (χ1v) is 14.6. The lowest BCUT2D eigenvalue weighted by molar-refractivity contribution is -0.118. The molecule has 224 valence electrons. The molecule has 0 aliphatic heterocycles. The van der Waals surface area contributed by atoms with Crippen LogP contribution in [0.1, 0.15) is 11.1 Å². The smallest absolute Gasteiger partial charge is 0.250 e. The fourth-order valence-electron chi connectivity index (χ4n) is 4.34. The molecule has 0 bridgehead atoms. The summed E-state index contributed by atoms with van der Waals surface area (Å²) in [5.74, 6) is 2.49. The average molecular weight is 610 g/mol. The van der Waals surface area contributed by atoms with Gasteiger partial charge >= 0.3 is 0 Å². The Morgan fingerprint density at radius 3 is 2.25 bits per heavy atom. The zero-order valence-corrected chi connectivity index (χ0v) is 25.3. The molecule has 0 aliphatic carbocycles. The van der Waals surface area contributed by atoms with Crippen LogP contribution in [0.4, 0.5) is 0 Å². The molecule has 10 nitrogen and oxygen atoms in total. The number of amides is 1. The fourth-order valence-corrected chi connectivity index (χ4v) is 5.08. The van der Waals surface area contributed by atoms with E-state index >= 15 is 0 Å². The number of carbonyl (C=O) groups is 1. The lowest BCUT2D eigenvalue weighted by Gasteiger charge is -2.15. The second-order valence-electron chi connectivity index (χ2n) is 9.32. The number of aromatic nitrogens is 3. The van der Waals surface area contributed by atoms with Crippen LogP contribution in [0.5, 0.6) is 23.0 Å². The van der Waals surface area contributed by atoms with E-state index in [4.69, 9.17) is 18.9 Å². The van der Waals surface area contributed by atoms with Gasteiger partial charge < -0.3 is 18.9 Å². The number of hydrogen-bond donors (Lipinski definition) is 1. The Kier molecular flexibility index (Phi) is 10.1. The number of methoxy groups -OCH3 is 3. The van der Waals surface area contributed by atoms with Crippen molar-refractivity contribution >= 4 is 23.9 Å². The van der Waals surface area contributed by atoms with Crippen molar-refractivity contribution < 1.29 is 23.7 Å². The van der Waals surface area contributed by atoms with Crippen molar-refractivity contribution in [1.29, 1.82) is 0 Å². The van der Waals surface area contributed by atoms with Gasteiger partial charge in [-0.2, -0.15) is 5.10 Å². The van der Waals surface area contributed by atoms with Gasteiger partial charge in [0, 0.05) is 11.3 Å². The molecule has 0 radical (unpaired) electrons. The van der Waals surface area contributed by atoms with E-state index in [0.29, 0.717) is 46.1 Å². The van der Waals surface area contributed by atoms with Crippen LogP contribution in [0, 0.1) is 0 Å². The van der Waals surface area contributed by atoms with Crippen molar-refractivity contribution in [2.24, 2.45) is 5.10 Å². The SMILES string of the molecule is COc1cc(-c2nnc(SCC(=O)N/N=C\c3cccc(OCc4ccccc4)c3)n2-c2ccccc2)cc(OC)c1OC. The summed E-state index contributed by atoms with van der Waals surface area (Å²) in [6.07, 6.45) is 1.58. The highest BCUT2D eigenvalue weighted by molar-refractivity contribution is 7.99. The molecule has 1 N–H and O–H groups in total. The van der Waals surface area contributed by atoms with Crippen LogP contribution in [0.3, 0.4) is 0 Å². The monoisotopic (exact) mass is 609 g/mol. The van der Waals surface area contributed by atoms with Crippen LogP contribution < -0.4 is 24.4 Å². The number of rotatable bonds is 13. The molecule has 5 rings (SSSR count). The van der Waals surface area contributed by atoms with Gasteiger partial charge in [0.05, 0.1) is 33.3 Å². The quantitative estimate of drug-likeness (QED) is 0.102. The number of para-hydroxylation sites is 1. The molecule has 0 unspecified atom stereocenters. The van der Waals surface area contributed by atoms with E-state index in [9.17, 15) is 4.79 Å². The van der Waals surface area contributed by atoms with E-state index in [1.165, 1.54) is 11.8 Å². The van der Waals surface area contributed by atoms with E-state index in [1.54, 1.807) is 27.5 Å². The summed E-state index contributed by atoms with van der Waals surface area (Å²) in [6.45, 7) is 0.463. The largest absolute Gasteiger partial charge is 0.493 e. The Hall–Kier alpha value is -5.29. The number of nitrogens with one attached hydrogen (secondary N) is 1. The van der Waals surface area contributed by atoms with Gasteiger partial charge in [-0.15, -0.1) is 10.2 Å². The van der Waals surface area contributed by atoms with Crippen LogP contribution in [0.2, 0.25) is 0 Å². The molecular formula is C33H31N5O5S. The summed E-state index contributed by atoms with van der Waals surface area (Å²) >= 11 is 1.24. The molecule has 0 aliphatic rings. The maximum atomic E-state index is 12.7. The molecule has 0 saturated carbocycles. The molecule has 0 fully saturated rings. The van der Waals surface area contributed by atoms with Crippen LogP contribution in [-0.2, 0) is 11.4 Å². The van der Waals surface area contributed by atoms with Crippen molar-refractivity contribution in [2.75, 3.05) is 27.1 Å². The molecule has 1 heterocycles. The summed E-state index contributed by atoms with van der Waals surface area (Å²) < 4.78 is 24.3. The third kappa shape index (κ3) is 7.37. The Labute approximate surface area is 259 Å². The fraction of sp³-hybridized carbons (Fsp3) is 0.152. The highest BCUT2D eigenvalue weighted by Crippen LogP contribution is 2.41. The van der Waals surface area contributed by atoms with E-state index < -0.39 is 0 Å². The van der Waals surface area contributed by atoms with Crippen molar-refractivity contribution in [3.63, 3.8) is 0 Å². The van der Waals surface area contributed by atoms with E-state index in [1.807, 2.05) is 102 Å². The van der Waals surface area contributed by atoms with Crippen molar-refractivity contribution in [3.8, 4) is 40.1 Å². The number of nitrogens with zero attached hydrogens (tertiary/aromatic N) is 4. The van der Waals surface area contributed by atoms with Gasteiger partial charge in [0.1, 0.15) is 12.4 Å². The third-order valence-electron chi connectivity index (χ3n) is 6.41. The number of carbonyl (C=O) groups excluding carboxylic acids is 1. The Balaban J connectivity index is 1.28. The lowest BCUT2D eigenvalue weighted by Crippen LogP contribution is -2.20. The first-order valence-electron chi connectivity index (χ1n) is 13.6. The Bertz CT molecular complexity index is 1700. The predicted molar refractivity (Wildman–Crippen MR) is 170 cm³/mol. The highest BCUT2D eigenvalue weighted by atomic mass is 32.2. The van der Waals surface area contributed by atoms with Gasteiger partial charge in [-0.3, -0.25) is 9.36 Å². The topological polar surface area (TPSA) is 109 Å². The summed E-state index contributed by atoms with van der Waals surface area (Å²) in [5, 5.41) is 13.5.